The van der Waals surface area contributed by atoms with Gasteiger partial charge in [-0.15, -0.1) is 0 Å². The lowest BCUT2D eigenvalue weighted by Crippen LogP contribution is -2.65. The van der Waals surface area contributed by atoms with Crippen molar-refractivity contribution in [2.45, 2.75) is 38.3 Å². The van der Waals surface area contributed by atoms with Crippen LogP contribution in [0.1, 0.15) is 36.6 Å². The molecular formula is C33H40N4O7. The summed E-state index contributed by atoms with van der Waals surface area (Å²) in [6, 6.07) is 11.4. The van der Waals surface area contributed by atoms with E-state index >= 15 is 0 Å². The number of carbonyl (C=O) groups excluding carboxylic acids is 3. The fourth-order valence-corrected chi connectivity index (χ4v) is 7.18. The summed E-state index contributed by atoms with van der Waals surface area (Å²) in [6.45, 7) is 4.72. The van der Waals surface area contributed by atoms with Crippen LogP contribution in [0.15, 0.2) is 36.4 Å². The van der Waals surface area contributed by atoms with Crippen molar-refractivity contribution in [2.24, 2.45) is 11.8 Å². The molecule has 3 aliphatic heterocycles. The Kier molecular flexibility index (Phi) is 8.15. The van der Waals surface area contributed by atoms with Gasteiger partial charge in [0.15, 0.2) is 11.5 Å². The van der Waals surface area contributed by atoms with Crippen LogP contribution in [0.5, 0.6) is 17.2 Å². The topological polar surface area (TPSA) is 122 Å². The third-order valence-electron chi connectivity index (χ3n) is 9.57. The molecule has 1 aromatic heterocycles. The first-order valence-corrected chi connectivity index (χ1v) is 15.1. The van der Waals surface area contributed by atoms with Crippen LogP contribution in [0.4, 0.5) is 0 Å². The van der Waals surface area contributed by atoms with Crippen molar-refractivity contribution in [3.63, 3.8) is 0 Å². The minimum atomic E-state index is -0.890. The Morgan fingerprint density at radius 1 is 1.02 bits per heavy atom. The Hall–Kier alpha value is -4.25. The average molecular weight is 605 g/mol. The molecule has 234 valence electrons. The van der Waals surface area contributed by atoms with Crippen LogP contribution in [-0.4, -0.2) is 86.7 Å². The van der Waals surface area contributed by atoms with Crippen molar-refractivity contribution in [1.29, 1.82) is 0 Å². The molecule has 3 atom stereocenters. The largest absolute Gasteiger partial charge is 0.497 e. The molecular weight excluding hydrogens is 564 g/mol. The van der Waals surface area contributed by atoms with E-state index in [2.05, 4.69) is 10.3 Å². The Bertz CT molecular complexity index is 1580. The highest BCUT2D eigenvalue weighted by molar-refractivity contribution is 5.93. The van der Waals surface area contributed by atoms with E-state index in [1.165, 1.54) is 0 Å². The number of morpholine rings is 1. The third-order valence-corrected chi connectivity index (χ3v) is 9.57. The van der Waals surface area contributed by atoms with Crippen molar-refractivity contribution in [2.75, 3.05) is 54.2 Å². The first-order valence-electron chi connectivity index (χ1n) is 15.1. The maximum Gasteiger partial charge on any atom is 0.228 e. The van der Waals surface area contributed by atoms with Gasteiger partial charge in [-0.3, -0.25) is 14.4 Å². The molecule has 4 heterocycles. The number of hydrogen-bond acceptors (Lipinski definition) is 7. The van der Waals surface area contributed by atoms with Crippen LogP contribution in [-0.2, 0) is 37.6 Å². The van der Waals surface area contributed by atoms with E-state index < -0.39 is 17.4 Å². The van der Waals surface area contributed by atoms with Crippen molar-refractivity contribution in [3.05, 3.63) is 53.2 Å². The van der Waals surface area contributed by atoms with Crippen LogP contribution in [0, 0.1) is 11.8 Å². The molecule has 44 heavy (non-hydrogen) atoms. The zero-order valence-electron chi connectivity index (χ0n) is 25.7. The summed E-state index contributed by atoms with van der Waals surface area (Å²) in [6.07, 6.45) is 0.923. The molecule has 0 aliphatic carbocycles. The zero-order valence-corrected chi connectivity index (χ0v) is 25.7. The normalized spacial score (nSPS) is 23.1. The molecule has 11 heteroatoms. The van der Waals surface area contributed by atoms with Gasteiger partial charge in [0.2, 0.25) is 17.7 Å². The molecule has 0 bridgehead atoms. The fourth-order valence-electron chi connectivity index (χ4n) is 7.18. The van der Waals surface area contributed by atoms with E-state index in [0.717, 1.165) is 33.5 Å². The zero-order chi connectivity index (χ0) is 31.0. The first-order chi connectivity index (χ1) is 21.3. The van der Waals surface area contributed by atoms with Gasteiger partial charge >= 0.3 is 0 Å². The number of methoxy groups -OCH3 is 3. The molecule has 2 aromatic carbocycles. The van der Waals surface area contributed by atoms with Crippen LogP contribution in [0.25, 0.3) is 10.9 Å². The molecule has 0 spiro atoms. The molecule has 6 rings (SSSR count). The van der Waals surface area contributed by atoms with E-state index in [4.69, 9.17) is 18.9 Å². The van der Waals surface area contributed by atoms with Gasteiger partial charge in [0.1, 0.15) is 5.75 Å². The molecule has 3 aliphatic rings. The predicted molar refractivity (Wildman–Crippen MR) is 163 cm³/mol. The van der Waals surface area contributed by atoms with Crippen molar-refractivity contribution in [1.82, 2.24) is 20.1 Å². The summed E-state index contributed by atoms with van der Waals surface area (Å²) in [7, 11) is 4.78. The lowest BCUT2D eigenvalue weighted by Gasteiger charge is -2.54. The second-order valence-electron chi connectivity index (χ2n) is 11.9. The van der Waals surface area contributed by atoms with Crippen molar-refractivity contribution in [3.8, 4) is 17.2 Å². The number of nitrogens with one attached hydrogen (secondary N) is 2. The van der Waals surface area contributed by atoms with Gasteiger partial charge in [0.05, 0.1) is 46.0 Å². The predicted octanol–water partition coefficient (Wildman–Crippen LogP) is 3.00. The van der Waals surface area contributed by atoms with Crippen LogP contribution >= 0.6 is 0 Å². The summed E-state index contributed by atoms with van der Waals surface area (Å²) in [5.74, 6) is 0.445. The van der Waals surface area contributed by atoms with Gasteiger partial charge < -0.3 is 39.0 Å². The smallest absolute Gasteiger partial charge is 0.228 e. The molecule has 3 aromatic rings. The van der Waals surface area contributed by atoms with E-state index in [9.17, 15) is 14.4 Å². The second kappa shape index (κ2) is 12.0. The van der Waals surface area contributed by atoms with Crippen molar-refractivity contribution >= 4 is 28.6 Å². The number of benzene rings is 2. The molecule has 1 unspecified atom stereocenters. The highest BCUT2D eigenvalue weighted by Crippen LogP contribution is 2.50. The monoisotopic (exact) mass is 604 g/mol. The maximum absolute atomic E-state index is 14.3. The van der Waals surface area contributed by atoms with Gasteiger partial charge in [-0.05, 0) is 61.2 Å². The van der Waals surface area contributed by atoms with Crippen LogP contribution in [0.3, 0.4) is 0 Å². The van der Waals surface area contributed by atoms with Gasteiger partial charge in [-0.2, -0.15) is 0 Å². The number of carbonyl (C=O) groups is 3. The minimum Gasteiger partial charge on any atom is -0.497 e. The number of piperidine rings is 1. The summed E-state index contributed by atoms with van der Waals surface area (Å²) in [5.41, 5.74) is 2.90. The second-order valence-corrected chi connectivity index (χ2v) is 11.9. The number of rotatable bonds is 8. The van der Waals surface area contributed by atoms with Crippen molar-refractivity contribution < 1.29 is 33.3 Å². The number of hydrogen-bond donors (Lipinski definition) is 2. The molecule has 2 fully saturated rings. The highest BCUT2D eigenvalue weighted by Gasteiger charge is 2.57. The van der Waals surface area contributed by atoms with E-state index in [0.29, 0.717) is 50.8 Å². The third kappa shape index (κ3) is 5.12. The molecule has 0 radical (unpaired) electrons. The Balaban J connectivity index is 1.28. The SMILES string of the molecule is COc1ccc2[nH]c3c(c2c1)CCN1C(=O)C(CC(=O)NCc2ccc(OC)c(OC)c2)C[C@H](C(=O)N2CCOCC2)[C@@]31C. The summed E-state index contributed by atoms with van der Waals surface area (Å²) < 4.78 is 21.7. The molecule has 2 saturated heterocycles. The first kappa shape index (κ1) is 29.8. The van der Waals surface area contributed by atoms with Gasteiger partial charge in [-0.25, -0.2) is 0 Å². The van der Waals surface area contributed by atoms with Gasteiger partial charge in [-0.1, -0.05) is 6.07 Å². The van der Waals surface area contributed by atoms with E-state index in [-0.39, 0.29) is 37.1 Å². The van der Waals surface area contributed by atoms with E-state index in [1.54, 1.807) is 27.4 Å². The standard InChI is InChI=1S/C33H40N4O7/c1-33-25(32(40)36-11-13-44-14-12-36)16-21(17-29(38)34-19-20-5-8-27(42-3)28(15-20)43-4)31(39)37(33)10-9-23-24-18-22(41-2)6-7-26(24)35-30(23)33/h5-8,15,18,21,25,35H,9-14,16-17,19H2,1-4H3,(H,34,38)/t21?,25-,33+/m1/s1. The minimum absolute atomic E-state index is 0.00233. The van der Waals surface area contributed by atoms with Gasteiger partial charge in [0, 0.05) is 55.1 Å². The van der Waals surface area contributed by atoms with E-state index in [1.807, 2.05) is 47.1 Å². The average Bonchev–Trinajstić information content (AvgIpc) is 3.44. The number of amides is 3. The van der Waals surface area contributed by atoms with Gasteiger partial charge in [0.25, 0.3) is 0 Å². The van der Waals surface area contributed by atoms with Crippen LogP contribution in [0.2, 0.25) is 0 Å². The molecule has 11 nitrogen and oxygen atoms in total. The summed E-state index contributed by atoms with van der Waals surface area (Å²) in [4.78, 5) is 48.9. The quantitative estimate of drug-likeness (QED) is 0.405. The van der Waals surface area contributed by atoms with Crippen LogP contribution < -0.4 is 19.5 Å². The Morgan fingerprint density at radius 3 is 2.52 bits per heavy atom. The highest BCUT2D eigenvalue weighted by atomic mass is 16.5. The lowest BCUT2D eigenvalue weighted by molar-refractivity contribution is -0.166. The Morgan fingerprint density at radius 2 is 1.80 bits per heavy atom. The summed E-state index contributed by atoms with van der Waals surface area (Å²) >= 11 is 0. The number of fused-ring (bicyclic) bond motifs is 5. The molecule has 0 saturated carbocycles. The fraction of sp³-hybridized carbons (Fsp3) is 0.485. The molecule has 2 N–H and O–H groups in total. The Labute approximate surface area is 256 Å². The summed E-state index contributed by atoms with van der Waals surface area (Å²) in [5, 5.41) is 4.00. The molecule has 3 amide bonds. The lowest BCUT2D eigenvalue weighted by atomic mass is 9.67. The number of aromatic nitrogens is 1. The number of ether oxygens (including phenoxy) is 4. The number of nitrogens with zero attached hydrogens (tertiary/aromatic N) is 2. The number of aromatic amines is 1. The maximum atomic E-state index is 14.3. The number of H-pyrrole nitrogens is 1.